The van der Waals surface area contributed by atoms with Crippen LogP contribution in [0.5, 0.6) is 5.75 Å². The predicted molar refractivity (Wildman–Crippen MR) is 113 cm³/mol. The lowest BCUT2D eigenvalue weighted by molar-refractivity contribution is 0.413. The van der Waals surface area contributed by atoms with Crippen molar-refractivity contribution < 1.29 is 5.11 Å². The highest BCUT2D eigenvalue weighted by Gasteiger charge is 2.27. The average Bonchev–Trinajstić information content (AvgIpc) is 2.69. The van der Waals surface area contributed by atoms with Gasteiger partial charge >= 0.3 is 0 Å². The summed E-state index contributed by atoms with van der Waals surface area (Å²) in [4.78, 5) is 4.95. The Bertz CT molecular complexity index is 970. The second-order valence-electron chi connectivity index (χ2n) is 6.52. The van der Waals surface area contributed by atoms with Crippen LogP contribution in [0, 0.1) is 0 Å². The fourth-order valence-corrected chi connectivity index (χ4v) is 3.71. The molecular formula is C22H18BrClN2O. The van der Waals surface area contributed by atoms with Crippen LogP contribution in [-0.4, -0.2) is 10.8 Å². The van der Waals surface area contributed by atoms with E-state index in [2.05, 4.69) is 33.4 Å². The normalized spacial score (nSPS) is 19.6. The highest BCUT2D eigenvalue weighted by Crippen LogP contribution is 2.34. The summed E-state index contributed by atoms with van der Waals surface area (Å²) in [5.41, 5.74) is 4.00. The van der Waals surface area contributed by atoms with Crippen molar-refractivity contribution in [1.82, 2.24) is 5.32 Å². The number of aliphatic imine (C=N–C) groups is 1. The standard InChI is InChI=1S/C22H18BrClN2O/c23-16-9-5-14(6-10-16)19-13-20(18-3-1-2-4-21(18)27)26-22(25-19)15-7-11-17(24)12-8-15/h1-12,20,22,26-27H,13H2. The molecule has 27 heavy (non-hydrogen) atoms. The van der Waals surface area contributed by atoms with E-state index in [1.165, 1.54) is 0 Å². The molecule has 3 aromatic rings. The third kappa shape index (κ3) is 4.08. The van der Waals surface area contributed by atoms with E-state index in [-0.39, 0.29) is 12.2 Å². The van der Waals surface area contributed by atoms with Crippen LogP contribution in [-0.2, 0) is 0 Å². The van der Waals surface area contributed by atoms with Gasteiger partial charge in [0.2, 0.25) is 0 Å². The van der Waals surface area contributed by atoms with Crippen LogP contribution < -0.4 is 5.32 Å². The molecule has 0 aromatic heterocycles. The molecule has 1 aliphatic rings. The first-order chi connectivity index (χ1) is 13.1. The summed E-state index contributed by atoms with van der Waals surface area (Å²) in [6, 6.07) is 23.3. The number of phenols is 1. The minimum Gasteiger partial charge on any atom is -0.508 e. The molecule has 4 rings (SSSR count). The third-order valence-corrected chi connectivity index (χ3v) is 5.50. The zero-order chi connectivity index (χ0) is 18.8. The van der Waals surface area contributed by atoms with Crippen molar-refractivity contribution >= 4 is 33.2 Å². The van der Waals surface area contributed by atoms with Crippen LogP contribution >= 0.6 is 27.5 Å². The van der Waals surface area contributed by atoms with Gasteiger partial charge < -0.3 is 5.11 Å². The highest BCUT2D eigenvalue weighted by atomic mass is 79.9. The van der Waals surface area contributed by atoms with Gasteiger partial charge in [0.15, 0.2) is 0 Å². The van der Waals surface area contributed by atoms with Gasteiger partial charge in [-0.1, -0.05) is 70.0 Å². The summed E-state index contributed by atoms with van der Waals surface area (Å²) in [6.45, 7) is 0. The molecule has 3 aromatic carbocycles. The number of halogens is 2. The van der Waals surface area contributed by atoms with E-state index < -0.39 is 0 Å². The zero-order valence-corrected chi connectivity index (χ0v) is 16.8. The summed E-state index contributed by atoms with van der Waals surface area (Å²) in [7, 11) is 0. The fourth-order valence-electron chi connectivity index (χ4n) is 3.32. The van der Waals surface area contributed by atoms with Crippen LogP contribution in [0.25, 0.3) is 0 Å². The largest absolute Gasteiger partial charge is 0.508 e. The van der Waals surface area contributed by atoms with Crippen LogP contribution in [0.2, 0.25) is 5.02 Å². The van der Waals surface area contributed by atoms with Crippen molar-refractivity contribution in [1.29, 1.82) is 0 Å². The Kier molecular flexibility index (Phi) is 5.30. The van der Waals surface area contributed by atoms with Gasteiger partial charge in [-0.25, -0.2) is 0 Å². The van der Waals surface area contributed by atoms with E-state index in [4.69, 9.17) is 16.6 Å². The number of hydrogen-bond acceptors (Lipinski definition) is 3. The molecular weight excluding hydrogens is 424 g/mol. The second kappa shape index (κ2) is 7.85. The zero-order valence-electron chi connectivity index (χ0n) is 14.4. The number of rotatable bonds is 3. The minimum absolute atomic E-state index is 0.0389. The smallest absolute Gasteiger partial charge is 0.126 e. The molecule has 0 spiro atoms. The molecule has 0 saturated heterocycles. The van der Waals surface area contributed by atoms with Gasteiger partial charge in [-0.2, -0.15) is 0 Å². The first kappa shape index (κ1) is 18.2. The van der Waals surface area contributed by atoms with Crippen molar-refractivity contribution in [3.05, 3.63) is 99.0 Å². The Morgan fingerprint density at radius 2 is 1.67 bits per heavy atom. The predicted octanol–water partition coefficient (Wildman–Crippen LogP) is 6.03. The molecule has 0 amide bonds. The minimum atomic E-state index is -0.209. The van der Waals surface area contributed by atoms with Gasteiger partial charge in [0, 0.05) is 33.2 Å². The molecule has 5 heteroatoms. The Morgan fingerprint density at radius 3 is 2.37 bits per heavy atom. The molecule has 3 nitrogen and oxygen atoms in total. The molecule has 2 unspecified atom stereocenters. The van der Waals surface area contributed by atoms with Crippen LogP contribution in [0.3, 0.4) is 0 Å². The molecule has 1 heterocycles. The number of aromatic hydroxyl groups is 1. The summed E-state index contributed by atoms with van der Waals surface area (Å²) in [6.07, 6.45) is 0.489. The Hall–Kier alpha value is -2.14. The van der Waals surface area contributed by atoms with Gasteiger partial charge in [0.05, 0.1) is 0 Å². The maximum absolute atomic E-state index is 10.3. The van der Waals surface area contributed by atoms with Crippen LogP contribution in [0.1, 0.15) is 35.3 Å². The fraction of sp³-hybridized carbons (Fsp3) is 0.136. The van der Waals surface area contributed by atoms with E-state index in [1.54, 1.807) is 6.07 Å². The van der Waals surface area contributed by atoms with E-state index in [0.29, 0.717) is 17.2 Å². The van der Waals surface area contributed by atoms with Crippen LogP contribution in [0.4, 0.5) is 0 Å². The molecule has 0 bridgehead atoms. The first-order valence-corrected chi connectivity index (χ1v) is 9.89. The lowest BCUT2D eigenvalue weighted by atomic mass is 9.93. The second-order valence-corrected chi connectivity index (χ2v) is 7.87. The van der Waals surface area contributed by atoms with Gasteiger partial charge in [-0.05, 0) is 41.5 Å². The third-order valence-electron chi connectivity index (χ3n) is 4.72. The Labute approximate surface area is 171 Å². The van der Waals surface area contributed by atoms with Gasteiger partial charge in [0.1, 0.15) is 11.9 Å². The number of hydrogen-bond donors (Lipinski definition) is 2. The summed E-state index contributed by atoms with van der Waals surface area (Å²) >= 11 is 9.53. The summed E-state index contributed by atoms with van der Waals surface area (Å²) in [5.74, 6) is 0.293. The van der Waals surface area contributed by atoms with Crippen molar-refractivity contribution in [3.63, 3.8) is 0 Å². The molecule has 0 aliphatic carbocycles. The average molecular weight is 442 g/mol. The van der Waals surface area contributed by atoms with Gasteiger partial charge in [-0.15, -0.1) is 0 Å². The number of nitrogens with zero attached hydrogens (tertiary/aromatic N) is 1. The van der Waals surface area contributed by atoms with Crippen molar-refractivity contribution in [2.24, 2.45) is 4.99 Å². The lowest BCUT2D eigenvalue weighted by Gasteiger charge is -2.31. The molecule has 2 atom stereocenters. The van der Waals surface area contributed by atoms with E-state index in [1.807, 2.05) is 54.6 Å². The maximum atomic E-state index is 10.3. The van der Waals surface area contributed by atoms with E-state index in [9.17, 15) is 5.11 Å². The highest BCUT2D eigenvalue weighted by molar-refractivity contribution is 9.10. The number of para-hydroxylation sites is 1. The molecule has 2 N–H and O–H groups in total. The quantitative estimate of drug-likeness (QED) is 0.521. The molecule has 0 radical (unpaired) electrons. The van der Waals surface area contributed by atoms with Crippen molar-refractivity contribution in [3.8, 4) is 5.75 Å². The maximum Gasteiger partial charge on any atom is 0.126 e. The van der Waals surface area contributed by atoms with Gasteiger partial charge in [0.25, 0.3) is 0 Å². The number of phenolic OH excluding ortho intramolecular Hbond substituents is 1. The number of nitrogens with one attached hydrogen (secondary N) is 1. The van der Waals surface area contributed by atoms with E-state index >= 15 is 0 Å². The van der Waals surface area contributed by atoms with E-state index in [0.717, 1.165) is 26.9 Å². The molecule has 136 valence electrons. The lowest BCUT2D eigenvalue weighted by Crippen LogP contribution is -2.33. The topological polar surface area (TPSA) is 44.6 Å². The van der Waals surface area contributed by atoms with Crippen molar-refractivity contribution in [2.75, 3.05) is 0 Å². The Morgan fingerprint density at radius 1 is 0.963 bits per heavy atom. The first-order valence-electron chi connectivity index (χ1n) is 8.72. The summed E-state index contributed by atoms with van der Waals surface area (Å²) in [5, 5.41) is 14.6. The summed E-state index contributed by atoms with van der Waals surface area (Å²) < 4.78 is 1.03. The van der Waals surface area contributed by atoms with Gasteiger partial charge in [-0.3, -0.25) is 10.3 Å². The molecule has 0 saturated carbocycles. The monoisotopic (exact) mass is 440 g/mol. The SMILES string of the molecule is Oc1ccccc1C1CC(c2ccc(Br)cc2)=NC(c2ccc(Cl)cc2)N1. The number of benzene rings is 3. The van der Waals surface area contributed by atoms with Crippen LogP contribution in [0.15, 0.2) is 82.3 Å². The Balaban J connectivity index is 1.75. The molecule has 0 fully saturated rings. The van der Waals surface area contributed by atoms with Crippen molar-refractivity contribution in [2.45, 2.75) is 18.6 Å². The molecule has 1 aliphatic heterocycles.